The first-order valence-electron chi connectivity index (χ1n) is 12.5. The number of carboxylic acids is 1. The van der Waals surface area contributed by atoms with Gasteiger partial charge in [-0.05, 0) is 82.2 Å². The Morgan fingerprint density at radius 2 is 1.86 bits per heavy atom. The van der Waals surface area contributed by atoms with E-state index in [1.54, 1.807) is 72.8 Å². The molecule has 8 nitrogen and oxygen atoms in total. The van der Waals surface area contributed by atoms with Crippen molar-refractivity contribution >= 4 is 73.2 Å². The lowest BCUT2D eigenvalue weighted by Crippen LogP contribution is -2.20. The molecule has 0 fully saturated rings. The highest BCUT2D eigenvalue weighted by Gasteiger charge is 2.17. The smallest absolute Gasteiger partial charge is 0.335 e. The third-order valence-electron chi connectivity index (χ3n) is 6.36. The third kappa shape index (κ3) is 5.54. The Morgan fingerprint density at radius 1 is 1.02 bits per heavy atom. The number of carbonyl (C=O) groups is 1. The quantitative estimate of drug-likeness (QED) is 0.173. The fourth-order valence-electron chi connectivity index (χ4n) is 4.41. The van der Waals surface area contributed by atoms with Crippen molar-refractivity contribution in [2.45, 2.75) is 6.61 Å². The average Bonchev–Trinajstić information content (AvgIpc) is 3.39. The summed E-state index contributed by atoms with van der Waals surface area (Å²) in [5.41, 5.74) is 1.93. The van der Waals surface area contributed by atoms with E-state index in [0.29, 0.717) is 53.6 Å². The molecule has 0 saturated carbocycles. The molecule has 0 spiro atoms. The van der Waals surface area contributed by atoms with Crippen LogP contribution in [0.4, 0.5) is 0 Å². The molecule has 0 aliphatic heterocycles. The molecule has 11 heteroatoms. The van der Waals surface area contributed by atoms with Gasteiger partial charge in [0.2, 0.25) is 5.82 Å². The van der Waals surface area contributed by atoms with Gasteiger partial charge in [-0.25, -0.2) is 9.78 Å². The fourth-order valence-corrected chi connectivity index (χ4v) is 5.54. The zero-order valence-corrected chi connectivity index (χ0v) is 24.5. The molecule has 4 aromatic carbocycles. The van der Waals surface area contributed by atoms with Crippen molar-refractivity contribution in [2.75, 3.05) is 0 Å². The number of halogens is 3. The van der Waals surface area contributed by atoms with Gasteiger partial charge < -0.3 is 14.3 Å². The molecule has 0 saturated heterocycles. The van der Waals surface area contributed by atoms with E-state index >= 15 is 0 Å². The van der Waals surface area contributed by atoms with Crippen molar-refractivity contribution in [3.05, 3.63) is 126 Å². The summed E-state index contributed by atoms with van der Waals surface area (Å²) in [6.45, 7) is 0.0759. The maximum atomic E-state index is 13.7. The van der Waals surface area contributed by atoms with Crippen LogP contribution in [-0.2, 0) is 6.61 Å². The second kappa shape index (κ2) is 11.4. The van der Waals surface area contributed by atoms with E-state index in [-0.39, 0.29) is 18.0 Å². The van der Waals surface area contributed by atoms with Gasteiger partial charge in [-0.3, -0.25) is 4.79 Å². The number of para-hydroxylation sites is 1. The van der Waals surface area contributed by atoms with E-state index < -0.39 is 11.5 Å². The van der Waals surface area contributed by atoms with E-state index in [2.05, 4.69) is 21.0 Å². The first kappa shape index (κ1) is 27.7. The molecule has 0 amide bonds. The molecular formula is C31H18BrCl2N3O5. The Kier molecular flexibility index (Phi) is 7.55. The van der Waals surface area contributed by atoms with E-state index in [1.807, 2.05) is 0 Å². The number of benzene rings is 4. The highest BCUT2D eigenvalue weighted by molar-refractivity contribution is 9.10. The van der Waals surface area contributed by atoms with Crippen LogP contribution in [0.25, 0.3) is 33.5 Å². The number of furan rings is 1. The molecule has 42 heavy (non-hydrogen) atoms. The number of ether oxygens (including phenoxy) is 1. The predicted molar refractivity (Wildman–Crippen MR) is 166 cm³/mol. The number of hydrogen-bond donors (Lipinski definition) is 1. The van der Waals surface area contributed by atoms with Crippen LogP contribution in [0.2, 0.25) is 10.0 Å². The Bertz CT molecular complexity index is 2110. The van der Waals surface area contributed by atoms with E-state index in [0.717, 1.165) is 10.1 Å². The Morgan fingerprint density at radius 3 is 2.69 bits per heavy atom. The monoisotopic (exact) mass is 661 g/mol. The SMILES string of the molecule is O=C(O)c1cccc(COc2c(Br)cc(Cl)cc2C=Nn2c(-c3cc4cc(Cl)ccc4o3)nc3ccccc3c2=O)c1. The summed E-state index contributed by atoms with van der Waals surface area (Å²) in [5.74, 6) is -0.119. The lowest BCUT2D eigenvalue weighted by atomic mass is 10.1. The Hall–Kier alpha value is -4.44. The number of nitrogens with zero attached hydrogens (tertiary/aromatic N) is 3. The second-order valence-electron chi connectivity index (χ2n) is 9.21. The average molecular weight is 663 g/mol. The van der Waals surface area contributed by atoms with Gasteiger partial charge in [0.25, 0.3) is 5.56 Å². The zero-order chi connectivity index (χ0) is 29.4. The molecule has 1 N–H and O–H groups in total. The van der Waals surface area contributed by atoms with Crippen LogP contribution >= 0.6 is 39.1 Å². The van der Waals surface area contributed by atoms with Gasteiger partial charge in [0.1, 0.15) is 17.9 Å². The number of rotatable bonds is 7. The standard InChI is InChI=1S/C31H18BrCl2N3O5/c32-24-14-22(34)12-20(28(24)41-16-17-4-3-5-18(10-17)31(39)40)15-35-37-29(36-25-7-2-1-6-23(25)30(37)38)27-13-19-11-21(33)8-9-26(19)42-27/h1-15H,16H2,(H,39,40). The largest absolute Gasteiger partial charge is 0.487 e. The molecule has 6 rings (SSSR count). The first-order chi connectivity index (χ1) is 20.3. The summed E-state index contributed by atoms with van der Waals surface area (Å²) >= 11 is 16.0. The summed E-state index contributed by atoms with van der Waals surface area (Å²) < 4.78 is 13.8. The normalized spacial score (nSPS) is 11.5. The molecule has 208 valence electrons. The second-order valence-corrected chi connectivity index (χ2v) is 10.9. The number of hydrogen-bond acceptors (Lipinski definition) is 6. The number of carboxylic acid groups (broad SMARTS) is 1. The van der Waals surface area contributed by atoms with Gasteiger partial charge >= 0.3 is 5.97 Å². The van der Waals surface area contributed by atoms with Crippen LogP contribution < -0.4 is 10.3 Å². The van der Waals surface area contributed by atoms with Crippen LogP contribution in [0.1, 0.15) is 21.5 Å². The minimum atomic E-state index is -1.03. The lowest BCUT2D eigenvalue weighted by molar-refractivity contribution is 0.0696. The minimum Gasteiger partial charge on any atom is -0.487 e. The van der Waals surface area contributed by atoms with Crippen molar-refractivity contribution < 1.29 is 19.1 Å². The molecule has 2 aromatic heterocycles. The summed E-state index contributed by atoms with van der Waals surface area (Å²) in [7, 11) is 0. The van der Waals surface area contributed by atoms with Crippen molar-refractivity contribution in [1.29, 1.82) is 0 Å². The minimum absolute atomic E-state index is 0.0759. The summed E-state index contributed by atoms with van der Waals surface area (Å²) in [6.07, 6.45) is 1.44. The van der Waals surface area contributed by atoms with Crippen LogP contribution in [-0.4, -0.2) is 27.0 Å². The van der Waals surface area contributed by atoms with Crippen molar-refractivity contribution in [1.82, 2.24) is 9.66 Å². The molecule has 0 aliphatic carbocycles. The van der Waals surface area contributed by atoms with Gasteiger partial charge in [0, 0.05) is 21.0 Å². The Balaban J connectivity index is 1.44. The van der Waals surface area contributed by atoms with Crippen LogP contribution in [0, 0.1) is 0 Å². The molecular weight excluding hydrogens is 645 g/mol. The van der Waals surface area contributed by atoms with Crippen molar-refractivity contribution in [2.24, 2.45) is 5.10 Å². The molecule has 0 unspecified atom stereocenters. The summed E-state index contributed by atoms with van der Waals surface area (Å²) in [6, 6.07) is 23.7. The molecule has 0 aliphatic rings. The first-order valence-corrected chi connectivity index (χ1v) is 14.0. The fraction of sp³-hybridized carbons (Fsp3) is 0.0323. The van der Waals surface area contributed by atoms with Crippen LogP contribution in [0.3, 0.4) is 0 Å². The zero-order valence-electron chi connectivity index (χ0n) is 21.4. The summed E-state index contributed by atoms with van der Waals surface area (Å²) in [4.78, 5) is 29.7. The van der Waals surface area contributed by atoms with Crippen molar-refractivity contribution in [3.8, 4) is 17.3 Å². The lowest BCUT2D eigenvalue weighted by Gasteiger charge is -2.13. The van der Waals surface area contributed by atoms with Crippen molar-refractivity contribution in [3.63, 3.8) is 0 Å². The van der Waals surface area contributed by atoms with Gasteiger partial charge in [-0.2, -0.15) is 9.78 Å². The highest BCUT2D eigenvalue weighted by Crippen LogP contribution is 2.33. The van der Waals surface area contributed by atoms with Gasteiger partial charge in [-0.15, -0.1) is 0 Å². The van der Waals surface area contributed by atoms with E-state index in [1.165, 1.54) is 18.3 Å². The summed E-state index contributed by atoms with van der Waals surface area (Å²) in [5, 5.41) is 15.9. The molecule has 2 heterocycles. The predicted octanol–water partition coefficient (Wildman–Crippen LogP) is 8.04. The molecule has 0 atom stereocenters. The maximum Gasteiger partial charge on any atom is 0.335 e. The molecule has 0 bridgehead atoms. The topological polar surface area (TPSA) is 107 Å². The molecule has 0 radical (unpaired) electrons. The van der Waals surface area contributed by atoms with Crippen LogP contribution in [0.15, 0.2) is 104 Å². The number of aromatic carboxylic acids is 1. The van der Waals surface area contributed by atoms with E-state index in [4.69, 9.17) is 37.3 Å². The van der Waals surface area contributed by atoms with E-state index in [9.17, 15) is 14.7 Å². The van der Waals surface area contributed by atoms with Gasteiger partial charge in [-0.1, -0.05) is 47.5 Å². The highest BCUT2D eigenvalue weighted by atomic mass is 79.9. The third-order valence-corrected chi connectivity index (χ3v) is 7.40. The maximum absolute atomic E-state index is 13.7. The number of fused-ring (bicyclic) bond motifs is 2. The van der Waals surface area contributed by atoms with Gasteiger partial charge in [0.15, 0.2) is 5.76 Å². The Labute approximate surface area is 256 Å². The molecule has 6 aromatic rings. The number of aromatic nitrogens is 2. The van der Waals surface area contributed by atoms with Gasteiger partial charge in [0.05, 0.1) is 27.2 Å². The van der Waals surface area contributed by atoms with Crippen LogP contribution in [0.5, 0.6) is 5.75 Å².